The third-order valence-corrected chi connectivity index (χ3v) is 3.91. The molecule has 0 aliphatic rings. The molecule has 0 spiro atoms. The van der Waals surface area contributed by atoms with E-state index in [9.17, 15) is 9.59 Å². The van der Waals surface area contributed by atoms with Crippen LogP contribution in [0.15, 0.2) is 36.4 Å². The van der Waals surface area contributed by atoms with Gasteiger partial charge in [-0.25, -0.2) is 0 Å². The van der Waals surface area contributed by atoms with Crippen LogP contribution in [0.25, 0.3) is 0 Å². The highest BCUT2D eigenvalue weighted by molar-refractivity contribution is 5.94. The number of hydrogen-bond donors (Lipinski definition) is 1. The van der Waals surface area contributed by atoms with Crippen LogP contribution in [-0.2, 0) is 20.7 Å². The fourth-order valence-electron chi connectivity index (χ4n) is 2.38. The average Bonchev–Trinajstić information content (AvgIpc) is 2.57. The van der Waals surface area contributed by atoms with Gasteiger partial charge in [0.1, 0.15) is 5.75 Å². The van der Waals surface area contributed by atoms with E-state index in [0.29, 0.717) is 11.4 Å². The zero-order valence-corrected chi connectivity index (χ0v) is 15.0. The molecule has 5 nitrogen and oxygen atoms in total. The highest BCUT2D eigenvalue weighted by atomic mass is 16.5. The number of ether oxygens (including phenoxy) is 2. The van der Waals surface area contributed by atoms with Crippen LogP contribution >= 0.6 is 0 Å². The first-order valence-corrected chi connectivity index (χ1v) is 8.05. The normalized spacial score (nSPS) is 10.2. The number of aryl methyl sites for hydroxylation is 3. The molecule has 0 aromatic heterocycles. The van der Waals surface area contributed by atoms with Crippen LogP contribution in [0.2, 0.25) is 0 Å². The van der Waals surface area contributed by atoms with Gasteiger partial charge in [-0.2, -0.15) is 0 Å². The predicted molar refractivity (Wildman–Crippen MR) is 96.9 cm³/mol. The Morgan fingerprint density at radius 3 is 2.44 bits per heavy atom. The summed E-state index contributed by atoms with van der Waals surface area (Å²) in [4.78, 5) is 23.9. The molecule has 2 aromatic carbocycles. The van der Waals surface area contributed by atoms with Gasteiger partial charge in [0.25, 0.3) is 5.91 Å². The monoisotopic (exact) mass is 341 g/mol. The van der Waals surface area contributed by atoms with Gasteiger partial charge in [0.15, 0.2) is 6.61 Å². The van der Waals surface area contributed by atoms with Gasteiger partial charge < -0.3 is 14.8 Å². The van der Waals surface area contributed by atoms with Crippen molar-refractivity contribution in [2.75, 3.05) is 19.0 Å². The Morgan fingerprint density at radius 2 is 1.76 bits per heavy atom. The third-order valence-electron chi connectivity index (χ3n) is 3.91. The van der Waals surface area contributed by atoms with E-state index in [2.05, 4.69) is 5.32 Å². The van der Waals surface area contributed by atoms with E-state index in [1.54, 1.807) is 12.1 Å². The number of anilines is 1. The highest BCUT2D eigenvalue weighted by Crippen LogP contribution is 2.25. The smallest absolute Gasteiger partial charge is 0.310 e. The van der Waals surface area contributed by atoms with Crippen LogP contribution in [0.5, 0.6) is 5.75 Å². The Balaban J connectivity index is 1.88. The van der Waals surface area contributed by atoms with Crippen molar-refractivity contribution in [3.63, 3.8) is 0 Å². The maximum Gasteiger partial charge on any atom is 0.310 e. The van der Waals surface area contributed by atoms with Crippen LogP contribution in [-0.4, -0.2) is 25.6 Å². The molecule has 2 rings (SSSR count). The lowest BCUT2D eigenvalue weighted by Crippen LogP contribution is -2.22. The number of carbonyl (C=O) groups excluding carboxylic acids is 2. The van der Waals surface area contributed by atoms with Gasteiger partial charge in [-0.05, 0) is 55.2 Å². The summed E-state index contributed by atoms with van der Waals surface area (Å²) in [7, 11) is 1.53. The van der Waals surface area contributed by atoms with E-state index in [-0.39, 0.29) is 13.0 Å². The standard InChI is InChI=1S/C20H23NO4/c1-13-5-8-18(24-4)17(9-13)21-19(22)12-25-20(23)11-16-7-6-14(2)15(3)10-16/h5-10H,11-12H2,1-4H3,(H,21,22). The minimum Gasteiger partial charge on any atom is -0.495 e. The van der Waals surface area contributed by atoms with Crippen molar-refractivity contribution in [2.24, 2.45) is 0 Å². The molecule has 0 aliphatic carbocycles. The van der Waals surface area contributed by atoms with E-state index in [1.165, 1.54) is 12.7 Å². The number of nitrogens with one attached hydrogen (secondary N) is 1. The van der Waals surface area contributed by atoms with Crippen LogP contribution in [0.1, 0.15) is 22.3 Å². The van der Waals surface area contributed by atoms with Crippen LogP contribution in [0, 0.1) is 20.8 Å². The second-order valence-electron chi connectivity index (χ2n) is 6.01. The zero-order valence-electron chi connectivity index (χ0n) is 15.0. The van der Waals surface area contributed by atoms with E-state index in [0.717, 1.165) is 16.7 Å². The lowest BCUT2D eigenvalue weighted by atomic mass is 10.0. The maximum absolute atomic E-state index is 12.0. The van der Waals surface area contributed by atoms with Gasteiger partial charge in [-0.3, -0.25) is 9.59 Å². The quantitative estimate of drug-likeness (QED) is 0.819. The van der Waals surface area contributed by atoms with Crippen molar-refractivity contribution >= 4 is 17.6 Å². The summed E-state index contributed by atoms with van der Waals surface area (Å²) in [5.74, 6) is -0.285. The van der Waals surface area contributed by atoms with Crippen molar-refractivity contribution in [3.05, 3.63) is 58.7 Å². The van der Waals surface area contributed by atoms with Crippen molar-refractivity contribution < 1.29 is 19.1 Å². The molecule has 0 fully saturated rings. The molecule has 0 aliphatic heterocycles. The largest absolute Gasteiger partial charge is 0.495 e. The SMILES string of the molecule is COc1ccc(C)cc1NC(=O)COC(=O)Cc1ccc(C)c(C)c1. The first-order chi connectivity index (χ1) is 11.9. The fraction of sp³-hybridized carbons (Fsp3) is 0.300. The first kappa shape index (κ1) is 18.5. The molecule has 0 unspecified atom stereocenters. The number of rotatable bonds is 6. The summed E-state index contributed by atoms with van der Waals surface area (Å²) in [6.45, 7) is 5.59. The Labute approximate surface area is 148 Å². The van der Waals surface area contributed by atoms with Crippen molar-refractivity contribution in [3.8, 4) is 5.75 Å². The Kier molecular flexibility index (Phi) is 6.17. The predicted octanol–water partition coefficient (Wildman–Crippen LogP) is 3.34. The molecular formula is C20H23NO4. The molecule has 0 saturated heterocycles. The maximum atomic E-state index is 12.0. The first-order valence-electron chi connectivity index (χ1n) is 8.05. The third kappa shape index (κ3) is 5.35. The van der Waals surface area contributed by atoms with Gasteiger partial charge >= 0.3 is 5.97 Å². The number of hydrogen-bond acceptors (Lipinski definition) is 4. The summed E-state index contributed by atoms with van der Waals surface area (Å²) >= 11 is 0. The van der Waals surface area contributed by atoms with Gasteiger partial charge in [-0.15, -0.1) is 0 Å². The number of carbonyl (C=O) groups is 2. The molecule has 1 N–H and O–H groups in total. The molecule has 0 saturated carbocycles. The molecular weight excluding hydrogens is 318 g/mol. The van der Waals surface area contributed by atoms with Crippen LogP contribution in [0.3, 0.4) is 0 Å². The average molecular weight is 341 g/mol. The Bertz CT molecular complexity index is 783. The van der Waals surface area contributed by atoms with Crippen molar-refractivity contribution in [2.45, 2.75) is 27.2 Å². The zero-order chi connectivity index (χ0) is 18.4. The molecule has 0 radical (unpaired) electrons. The summed E-state index contributed by atoms with van der Waals surface area (Å²) in [5.41, 5.74) is 4.70. The number of methoxy groups -OCH3 is 1. The number of benzene rings is 2. The second kappa shape index (κ2) is 8.33. The summed E-state index contributed by atoms with van der Waals surface area (Å²) < 4.78 is 10.3. The molecule has 25 heavy (non-hydrogen) atoms. The minimum absolute atomic E-state index is 0.141. The van der Waals surface area contributed by atoms with E-state index >= 15 is 0 Å². The van der Waals surface area contributed by atoms with Gasteiger partial charge in [0, 0.05) is 0 Å². The second-order valence-corrected chi connectivity index (χ2v) is 6.01. The van der Waals surface area contributed by atoms with Gasteiger partial charge in [0.2, 0.25) is 0 Å². The lowest BCUT2D eigenvalue weighted by Gasteiger charge is -2.11. The number of esters is 1. The number of amides is 1. The minimum atomic E-state index is -0.436. The van der Waals surface area contributed by atoms with Crippen LogP contribution < -0.4 is 10.1 Å². The molecule has 5 heteroatoms. The topological polar surface area (TPSA) is 64.6 Å². The molecule has 132 valence electrons. The Hall–Kier alpha value is -2.82. The van der Waals surface area contributed by atoms with Gasteiger partial charge in [0.05, 0.1) is 19.2 Å². The molecule has 0 heterocycles. The summed E-state index contributed by atoms with van der Waals surface area (Å²) in [5, 5.41) is 2.70. The van der Waals surface area contributed by atoms with E-state index in [1.807, 2.05) is 45.0 Å². The Morgan fingerprint density at radius 1 is 1.00 bits per heavy atom. The molecule has 1 amide bonds. The van der Waals surface area contributed by atoms with E-state index in [4.69, 9.17) is 9.47 Å². The molecule has 0 bridgehead atoms. The lowest BCUT2D eigenvalue weighted by molar-refractivity contribution is -0.146. The highest BCUT2D eigenvalue weighted by Gasteiger charge is 2.11. The van der Waals surface area contributed by atoms with E-state index < -0.39 is 11.9 Å². The molecule has 0 atom stereocenters. The summed E-state index contributed by atoms with van der Waals surface area (Å²) in [6.07, 6.45) is 0.141. The summed E-state index contributed by atoms with van der Waals surface area (Å²) in [6, 6.07) is 11.3. The molecule has 2 aromatic rings. The van der Waals surface area contributed by atoms with Crippen LogP contribution in [0.4, 0.5) is 5.69 Å². The fourth-order valence-corrected chi connectivity index (χ4v) is 2.38. The van der Waals surface area contributed by atoms with Crippen molar-refractivity contribution in [1.29, 1.82) is 0 Å². The van der Waals surface area contributed by atoms with Crippen molar-refractivity contribution in [1.82, 2.24) is 0 Å². The van der Waals surface area contributed by atoms with Gasteiger partial charge in [-0.1, -0.05) is 24.3 Å².